The smallest absolute Gasteiger partial charge is 0.161 e. The first-order valence-corrected chi connectivity index (χ1v) is 9.94. The van der Waals surface area contributed by atoms with Crippen LogP contribution < -0.4 is 14.9 Å². The van der Waals surface area contributed by atoms with Gasteiger partial charge in [0.2, 0.25) is 0 Å². The van der Waals surface area contributed by atoms with Crippen molar-refractivity contribution in [2.45, 2.75) is 13.2 Å². The van der Waals surface area contributed by atoms with E-state index in [0.717, 1.165) is 16.7 Å². The Hall–Kier alpha value is -2.40. The monoisotopic (exact) mass is 448 g/mol. The van der Waals surface area contributed by atoms with Gasteiger partial charge in [0.25, 0.3) is 0 Å². The van der Waals surface area contributed by atoms with Crippen LogP contribution in [0.1, 0.15) is 16.7 Å². The number of hydrogen-bond donors (Lipinski definition) is 1. The second kappa shape index (κ2) is 10.4. The molecule has 29 heavy (non-hydrogen) atoms. The van der Waals surface area contributed by atoms with E-state index in [2.05, 4.69) is 10.5 Å². The summed E-state index contributed by atoms with van der Waals surface area (Å²) in [4.78, 5) is 0. The molecule has 0 atom stereocenters. The zero-order valence-electron chi connectivity index (χ0n) is 15.7. The summed E-state index contributed by atoms with van der Waals surface area (Å²) in [5.74, 6) is 1.27. The van der Waals surface area contributed by atoms with Gasteiger partial charge < -0.3 is 14.9 Å². The summed E-state index contributed by atoms with van der Waals surface area (Å²) >= 11 is 18.2. The van der Waals surface area contributed by atoms with E-state index in [-0.39, 0.29) is 0 Å². The highest BCUT2D eigenvalue weighted by Crippen LogP contribution is 2.28. The first kappa shape index (κ1) is 21.3. The molecule has 150 valence electrons. The molecule has 0 spiro atoms. The summed E-state index contributed by atoms with van der Waals surface area (Å²) in [7, 11) is 1.60. The molecule has 0 aliphatic rings. The lowest BCUT2D eigenvalue weighted by atomic mass is 10.2. The Morgan fingerprint density at radius 2 is 1.66 bits per heavy atom. The minimum Gasteiger partial charge on any atom is -0.493 e. The Morgan fingerprint density at radius 1 is 0.931 bits per heavy atom. The predicted octanol–water partition coefficient (Wildman–Crippen LogP) is 6.36. The van der Waals surface area contributed by atoms with E-state index in [1.807, 2.05) is 42.5 Å². The largest absolute Gasteiger partial charge is 0.493 e. The molecule has 0 unspecified atom stereocenters. The average molecular weight is 450 g/mol. The number of halogens is 3. The first-order chi connectivity index (χ1) is 14.1. The molecule has 4 nitrogen and oxygen atoms in total. The van der Waals surface area contributed by atoms with Crippen LogP contribution in [-0.4, -0.2) is 13.3 Å². The number of benzene rings is 3. The van der Waals surface area contributed by atoms with Crippen LogP contribution in [0, 0.1) is 0 Å². The van der Waals surface area contributed by atoms with Crippen molar-refractivity contribution in [3.05, 3.63) is 92.4 Å². The van der Waals surface area contributed by atoms with Gasteiger partial charge in [0.05, 0.1) is 19.9 Å². The van der Waals surface area contributed by atoms with Crippen molar-refractivity contribution in [3.63, 3.8) is 0 Å². The number of nitrogens with zero attached hydrogens (tertiary/aromatic N) is 1. The number of methoxy groups -OCH3 is 1. The van der Waals surface area contributed by atoms with Crippen LogP contribution in [0.15, 0.2) is 65.8 Å². The lowest BCUT2D eigenvalue weighted by molar-refractivity contribution is 0.284. The lowest BCUT2D eigenvalue weighted by Crippen LogP contribution is -2.06. The molecule has 3 rings (SSSR count). The molecular weight excluding hydrogens is 431 g/mol. The molecule has 0 amide bonds. The van der Waals surface area contributed by atoms with Gasteiger partial charge in [0.15, 0.2) is 11.5 Å². The van der Waals surface area contributed by atoms with Crippen LogP contribution in [0.3, 0.4) is 0 Å². The van der Waals surface area contributed by atoms with Crippen molar-refractivity contribution in [2.75, 3.05) is 7.11 Å². The van der Waals surface area contributed by atoms with E-state index in [0.29, 0.717) is 39.7 Å². The third-order valence-corrected chi connectivity index (χ3v) is 5.08. The molecule has 0 aliphatic heterocycles. The fourth-order valence-corrected chi connectivity index (χ4v) is 3.23. The zero-order valence-corrected chi connectivity index (χ0v) is 17.9. The number of ether oxygens (including phenoxy) is 2. The summed E-state index contributed by atoms with van der Waals surface area (Å²) < 4.78 is 11.3. The molecule has 0 saturated carbocycles. The van der Waals surface area contributed by atoms with Gasteiger partial charge in [-0.3, -0.25) is 0 Å². The van der Waals surface area contributed by atoms with Gasteiger partial charge in [0.1, 0.15) is 6.61 Å². The highest BCUT2D eigenvalue weighted by molar-refractivity contribution is 6.36. The van der Waals surface area contributed by atoms with E-state index in [1.165, 1.54) is 0 Å². The molecule has 0 heterocycles. The highest BCUT2D eigenvalue weighted by atomic mass is 35.5. The van der Waals surface area contributed by atoms with Gasteiger partial charge >= 0.3 is 0 Å². The van der Waals surface area contributed by atoms with E-state index in [9.17, 15) is 0 Å². The first-order valence-electron chi connectivity index (χ1n) is 8.81. The van der Waals surface area contributed by atoms with Gasteiger partial charge in [0, 0.05) is 20.6 Å². The fraction of sp³-hybridized carbons (Fsp3) is 0.136. The standard InChI is InChI=1S/C22H19Cl3N2O2/c1-28-22-11-16(12-26-27-13-18-19(24)3-2-4-20(18)25)7-10-21(22)29-14-15-5-8-17(23)9-6-15/h2-12,27H,13-14H2,1H3/b26-12-. The molecular formula is C22H19Cl3N2O2. The lowest BCUT2D eigenvalue weighted by Gasteiger charge is -2.11. The van der Waals surface area contributed by atoms with Crippen molar-refractivity contribution in [1.29, 1.82) is 0 Å². The number of nitrogens with one attached hydrogen (secondary N) is 1. The summed E-state index contributed by atoms with van der Waals surface area (Å²) in [6.07, 6.45) is 1.69. The van der Waals surface area contributed by atoms with Crippen molar-refractivity contribution in [2.24, 2.45) is 5.10 Å². The van der Waals surface area contributed by atoms with E-state index < -0.39 is 0 Å². The second-order valence-electron chi connectivity index (χ2n) is 6.12. The number of hydrazone groups is 1. The summed E-state index contributed by atoms with van der Waals surface area (Å²) in [6, 6.07) is 18.5. The van der Waals surface area contributed by atoms with E-state index in [1.54, 1.807) is 31.5 Å². The van der Waals surface area contributed by atoms with E-state index >= 15 is 0 Å². The molecule has 3 aromatic carbocycles. The maximum Gasteiger partial charge on any atom is 0.161 e. The second-order valence-corrected chi connectivity index (χ2v) is 7.37. The molecule has 1 N–H and O–H groups in total. The third kappa shape index (κ3) is 6.04. The molecule has 0 radical (unpaired) electrons. The molecule has 3 aromatic rings. The Bertz CT molecular complexity index is 972. The topological polar surface area (TPSA) is 42.8 Å². The van der Waals surface area contributed by atoms with Gasteiger partial charge in [-0.25, -0.2) is 0 Å². The van der Waals surface area contributed by atoms with Gasteiger partial charge in [-0.15, -0.1) is 0 Å². The van der Waals surface area contributed by atoms with Crippen molar-refractivity contribution >= 4 is 41.0 Å². The molecule has 7 heteroatoms. The fourth-order valence-electron chi connectivity index (χ4n) is 2.57. The van der Waals surface area contributed by atoms with Crippen molar-refractivity contribution in [3.8, 4) is 11.5 Å². The number of hydrogen-bond acceptors (Lipinski definition) is 4. The number of rotatable bonds is 8. The van der Waals surface area contributed by atoms with Gasteiger partial charge in [-0.1, -0.05) is 53.0 Å². The normalized spacial score (nSPS) is 10.9. The molecule has 0 saturated heterocycles. The van der Waals surface area contributed by atoms with Crippen LogP contribution in [0.2, 0.25) is 15.1 Å². The summed E-state index contributed by atoms with van der Waals surface area (Å²) in [5, 5.41) is 6.12. The SMILES string of the molecule is COc1cc(/C=N\NCc2c(Cl)cccc2Cl)ccc1OCc1ccc(Cl)cc1. The van der Waals surface area contributed by atoms with Crippen LogP contribution in [-0.2, 0) is 13.2 Å². The predicted molar refractivity (Wildman–Crippen MR) is 120 cm³/mol. The summed E-state index contributed by atoms with van der Waals surface area (Å²) in [6.45, 7) is 0.843. The van der Waals surface area contributed by atoms with Crippen LogP contribution in [0.4, 0.5) is 0 Å². The van der Waals surface area contributed by atoms with Crippen LogP contribution >= 0.6 is 34.8 Å². The van der Waals surface area contributed by atoms with Crippen LogP contribution in [0.25, 0.3) is 0 Å². The molecule has 0 aromatic heterocycles. The maximum atomic E-state index is 6.15. The Morgan fingerprint density at radius 3 is 2.34 bits per heavy atom. The highest BCUT2D eigenvalue weighted by Gasteiger charge is 2.06. The third-order valence-electron chi connectivity index (χ3n) is 4.12. The zero-order chi connectivity index (χ0) is 20.6. The summed E-state index contributed by atoms with van der Waals surface area (Å²) in [5.41, 5.74) is 5.63. The Labute approximate surface area is 185 Å². The van der Waals surface area contributed by atoms with Gasteiger partial charge in [-0.05, 0) is 53.6 Å². The molecule has 0 aliphatic carbocycles. The Balaban J connectivity index is 1.60. The van der Waals surface area contributed by atoms with Crippen molar-refractivity contribution in [1.82, 2.24) is 5.43 Å². The average Bonchev–Trinajstić information content (AvgIpc) is 2.73. The maximum absolute atomic E-state index is 6.15. The van der Waals surface area contributed by atoms with E-state index in [4.69, 9.17) is 44.3 Å². The minimum absolute atomic E-state index is 0.418. The minimum atomic E-state index is 0.418. The Kier molecular flexibility index (Phi) is 7.64. The van der Waals surface area contributed by atoms with Crippen LogP contribution in [0.5, 0.6) is 11.5 Å². The van der Waals surface area contributed by atoms with Crippen molar-refractivity contribution < 1.29 is 9.47 Å². The quantitative estimate of drug-likeness (QED) is 0.321. The molecule has 0 fully saturated rings. The van der Waals surface area contributed by atoms with Gasteiger partial charge in [-0.2, -0.15) is 5.10 Å². The molecule has 0 bridgehead atoms.